The lowest BCUT2D eigenvalue weighted by molar-refractivity contribution is -0.117. The van der Waals surface area contributed by atoms with Crippen LogP contribution in [0.25, 0.3) is 6.08 Å². The lowest BCUT2D eigenvalue weighted by atomic mass is 9.99. The van der Waals surface area contributed by atoms with Crippen LogP contribution in [0.15, 0.2) is 53.5 Å². The monoisotopic (exact) mass is 411 g/mol. The molecule has 5 nitrogen and oxygen atoms in total. The highest BCUT2D eigenvalue weighted by atomic mass is 32.1. The van der Waals surface area contributed by atoms with Crippen LogP contribution in [0.3, 0.4) is 0 Å². The molecule has 0 atom stereocenters. The molecule has 2 heterocycles. The van der Waals surface area contributed by atoms with Crippen molar-refractivity contribution in [1.82, 2.24) is 15.5 Å². The van der Waals surface area contributed by atoms with Crippen LogP contribution in [0.2, 0.25) is 0 Å². The number of nitrogens with one attached hydrogen (secondary N) is 2. The number of carbonyl (C=O) groups is 2. The number of thiophene rings is 1. The molecule has 1 saturated heterocycles. The van der Waals surface area contributed by atoms with E-state index in [4.69, 9.17) is 0 Å². The Morgan fingerprint density at radius 3 is 2.59 bits per heavy atom. The van der Waals surface area contributed by atoms with Crippen LogP contribution in [0.5, 0.6) is 0 Å². The summed E-state index contributed by atoms with van der Waals surface area (Å²) in [5.41, 5.74) is 0.796. The van der Waals surface area contributed by atoms with E-state index in [1.165, 1.54) is 24.2 Å². The number of piperidine rings is 1. The maximum absolute atomic E-state index is 12.7. The van der Waals surface area contributed by atoms with Crippen molar-refractivity contribution in [2.75, 3.05) is 26.2 Å². The van der Waals surface area contributed by atoms with Crippen LogP contribution >= 0.6 is 11.3 Å². The lowest BCUT2D eigenvalue weighted by Crippen LogP contribution is -2.37. The van der Waals surface area contributed by atoms with Gasteiger partial charge in [-0.2, -0.15) is 0 Å². The SMILES string of the molecule is CC1CCN(CCCNC(=O)/C(=C/c2cccs2)NC(=O)c2ccccc2)CC1. The Morgan fingerprint density at radius 1 is 1.14 bits per heavy atom. The third-order valence-corrected chi connectivity index (χ3v) is 5.99. The summed E-state index contributed by atoms with van der Waals surface area (Å²) in [4.78, 5) is 28.6. The molecule has 2 amide bonds. The molecule has 1 aliphatic heterocycles. The van der Waals surface area contributed by atoms with Crippen molar-refractivity contribution in [3.8, 4) is 0 Å². The minimum atomic E-state index is -0.286. The Hall–Kier alpha value is -2.44. The first-order valence-corrected chi connectivity index (χ1v) is 11.1. The molecule has 154 valence electrons. The summed E-state index contributed by atoms with van der Waals surface area (Å²) in [5, 5.41) is 7.67. The van der Waals surface area contributed by atoms with Crippen molar-refractivity contribution in [3.63, 3.8) is 0 Å². The molecule has 0 unspecified atom stereocenters. The Morgan fingerprint density at radius 2 is 1.90 bits per heavy atom. The fourth-order valence-corrected chi connectivity index (χ4v) is 4.00. The molecule has 2 N–H and O–H groups in total. The predicted molar refractivity (Wildman–Crippen MR) is 119 cm³/mol. The zero-order valence-corrected chi connectivity index (χ0v) is 17.7. The first-order valence-electron chi connectivity index (χ1n) is 10.2. The molecule has 0 spiro atoms. The van der Waals surface area contributed by atoms with Gasteiger partial charge in [-0.3, -0.25) is 9.59 Å². The molecule has 0 radical (unpaired) electrons. The van der Waals surface area contributed by atoms with Gasteiger partial charge in [0.05, 0.1) is 0 Å². The van der Waals surface area contributed by atoms with E-state index in [9.17, 15) is 9.59 Å². The molecule has 1 fully saturated rings. The highest BCUT2D eigenvalue weighted by Crippen LogP contribution is 2.16. The van der Waals surface area contributed by atoms with Gasteiger partial charge in [-0.05, 0) is 74.5 Å². The van der Waals surface area contributed by atoms with Crippen LogP contribution < -0.4 is 10.6 Å². The highest BCUT2D eigenvalue weighted by molar-refractivity contribution is 7.10. The van der Waals surface area contributed by atoms with Gasteiger partial charge in [0.1, 0.15) is 5.70 Å². The van der Waals surface area contributed by atoms with Gasteiger partial charge in [-0.25, -0.2) is 0 Å². The van der Waals surface area contributed by atoms with Crippen molar-refractivity contribution in [2.45, 2.75) is 26.2 Å². The van der Waals surface area contributed by atoms with Crippen LogP contribution in [-0.4, -0.2) is 42.9 Å². The molecule has 0 aliphatic carbocycles. The maximum atomic E-state index is 12.7. The zero-order valence-electron chi connectivity index (χ0n) is 16.9. The smallest absolute Gasteiger partial charge is 0.267 e. The first kappa shape index (κ1) is 21.3. The Labute approximate surface area is 176 Å². The molecule has 0 saturated carbocycles. The largest absolute Gasteiger partial charge is 0.351 e. The van der Waals surface area contributed by atoms with Crippen LogP contribution in [0, 0.1) is 5.92 Å². The molecular weight excluding hydrogens is 382 g/mol. The van der Waals surface area contributed by atoms with Gasteiger partial charge in [-0.1, -0.05) is 31.2 Å². The third-order valence-electron chi connectivity index (χ3n) is 5.17. The first-order chi connectivity index (χ1) is 14.1. The third kappa shape index (κ3) is 6.84. The van der Waals surface area contributed by atoms with Gasteiger partial charge in [0.2, 0.25) is 0 Å². The van der Waals surface area contributed by atoms with Crippen molar-refractivity contribution >= 4 is 29.2 Å². The number of benzene rings is 1. The van der Waals surface area contributed by atoms with E-state index < -0.39 is 0 Å². The number of nitrogens with zero attached hydrogens (tertiary/aromatic N) is 1. The zero-order chi connectivity index (χ0) is 20.5. The summed E-state index contributed by atoms with van der Waals surface area (Å²) in [5.74, 6) is 0.282. The van der Waals surface area contributed by atoms with E-state index in [0.29, 0.717) is 12.1 Å². The maximum Gasteiger partial charge on any atom is 0.267 e. The van der Waals surface area contributed by atoms with Gasteiger partial charge in [-0.15, -0.1) is 11.3 Å². The van der Waals surface area contributed by atoms with Crippen molar-refractivity contribution in [2.24, 2.45) is 5.92 Å². The topological polar surface area (TPSA) is 61.4 Å². The Kier molecular flexibility index (Phi) is 8.02. The minimum Gasteiger partial charge on any atom is -0.351 e. The number of rotatable bonds is 8. The number of amides is 2. The lowest BCUT2D eigenvalue weighted by Gasteiger charge is -2.30. The standard InChI is InChI=1S/C23H29N3O2S/c1-18-10-14-26(15-11-18)13-6-12-24-23(28)21(17-20-9-5-16-29-20)25-22(27)19-7-3-2-4-8-19/h2-5,7-9,16-18H,6,10-15H2,1H3,(H,24,28)(H,25,27)/b21-17-. The van der Waals surface area contributed by atoms with E-state index in [0.717, 1.165) is 36.9 Å². The fourth-order valence-electron chi connectivity index (χ4n) is 3.34. The summed E-state index contributed by atoms with van der Waals surface area (Å²) in [6.45, 7) is 6.18. The fraction of sp³-hybridized carbons (Fsp3) is 0.391. The summed E-state index contributed by atoms with van der Waals surface area (Å²) < 4.78 is 0. The van der Waals surface area contributed by atoms with Crippen molar-refractivity contribution in [1.29, 1.82) is 0 Å². The average Bonchev–Trinajstić information content (AvgIpc) is 3.25. The molecular formula is C23H29N3O2S. The van der Waals surface area contributed by atoms with E-state index >= 15 is 0 Å². The quantitative estimate of drug-likeness (QED) is 0.514. The second-order valence-corrected chi connectivity index (χ2v) is 8.51. The van der Waals surface area contributed by atoms with Crippen LogP contribution in [0.1, 0.15) is 41.4 Å². The van der Waals surface area contributed by atoms with Gasteiger partial charge in [0.25, 0.3) is 11.8 Å². The molecule has 6 heteroatoms. The predicted octanol–water partition coefficient (Wildman–Crippen LogP) is 3.76. The number of hydrogen-bond donors (Lipinski definition) is 2. The molecule has 0 bridgehead atoms. The van der Waals surface area contributed by atoms with Gasteiger partial charge in [0.15, 0.2) is 0 Å². The van der Waals surface area contributed by atoms with Gasteiger partial charge >= 0.3 is 0 Å². The molecule has 2 aromatic rings. The van der Waals surface area contributed by atoms with Crippen molar-refractivity contribution < 1.29 is 9.59 Å². The van der Waals surface area contributed by atoms with Gasteiger partial charge in [0, 0.05) is 17.0 Å². The van der Waals surface area contributed by atoms with E-state index in [2.05, 4.69) is 22.5 Å². The molecule has 1 aromatic heterocycles. The Bertz CT molecular complexity index is 810. The molecule has 29 heavy (non-hydrogen) atoms. The minimum absolute atomic E-state index is 0.255. The summed E-state index contributed by atoms with van der Waals surface area (Å²) >= 11 is 1.52. The van der Waals surface area contributed by atoms with Crippen LogP contribution in [0.4, 0.5) is 0 Å². The number of carbonyl (C=O) groups excluding carboxylic acids is 2. The Balaban J connectivity index is 1.54. The normalized spacial score (nSPS) is 15.8. The average molecular weight is 412 g/mol. The summed E-state index contributed by atoms with van der Waals surface area (Å²) in [6, 6.07) is 12.8. The molecule has 1 aromatic carbocycles. The van der Waals surface area contributed by atoms with E-state index in [1.54, 1.807) is 30.3 Å². The van der Waals surface area contributed by atoms with E-state index in [-0.39, 0.29) is 17.5 Å². The van der Waals surface area contributed by atoms with E-state index in [1.807, 2.05) is 23.6 Å². The number of hydrogen-bond acceptors (Lipinski definition) is 4. The van der Waals surface area contributed by atoms with Crippen LogP contribution in [-0.2, 0) is 4.79 Å². The molecule has 1 aliphatic rings. The second-order valence-electron chi connectivity index (χ2n) is 7.53. The van der Waals surface area contributed by atoms with Gasteiger partial charge < -0.3 is 15.5 Å². The van der Waals surface area contributed by atoms with Crippen molar-refractivity contribution in [3.05, 3.63) is 64.0 Å². The number of likely N-dealkylation sites (tertiary alicyclic amines) is 1. The molecule has 3 rings (SSSR count). The second kappa shape index (κ2) is 10.9. The summed E-state index contributed by atoms with van der Waals surface area (Å²) in [6.07, 6.45) is 5.14. The summed E-state index contributed by atoms with van der Waals surface area (Å²) in [7, 11) is 0. The highest BCUT2D eigenvalue weighted by Gasteiger charge is 2.16.